The summed E-state index contributed by atoms with van der Waals surface area (Å²) in [5, 5.41) is 14.7. The number of rotatable bonds is 5. The zero-order valence-electron chi connectivity index (χ0n) is 11.8. The third kappa shape index (κ3) is 2.89. The summed E-state index contributed by atoms with van der Waals surface area (Å²) in [5.41, 5.74) is 5.33. The van der Waals surface area contributed by atoms with E-state index in [0.29, 0.717) is 29.9 Å². The maximum atomic E-state index is 12.3. The number of aryl methyl sites for hydroxylation is 2. The first-order valence-electron chi connectivity index (χ1n) is 6.27. The molecule has 0 fully saturated rings. The van der Waals surface area contributed by atoms with Gasteiger partial charge in [-0.25, -0.2) is 0 Å². The Morgan fingerprint density at radius 1 is 1.47 bits per heavy atom. The summed E-state index contributed by atoms with van der Waals surface area (Å²) in [6.45, 7) is 7.25. The monoisotopic (exact) mass is 267 g/mol. The van der Waals surface area contributed by atoms with E-state index in [1.54, 1.807) is 19.9 Å². The van der Waals surface area contributed by atoms with E-state index in [9.17, 15) is 4.79 Å². The number of nitrogens with two attached hydrogens (primary N) is 1. The van der Waals surface area contributed by atoms with E-state index in [0.717, 1.165) is 0 Å². The SMILES string of the molecule is CCC(CC)(NC(=O)c1cc(C)oc1C)/C(N)=N/O. The Labute approximate surface area is 112 Å². The van der Waals surface area contributed by atoms with Crippen molar-refractivity contribution in [3.63, 3.8) is 0 Å². The summed E-state index contributed by atoms with van der Waals surface area (Å²) in [6.07, 6.45) is 1.06. The van der Waals surface area contributed by atoms with Crippen molar-refractivity contribution < 1.29 is 14.4 Å². The van der Waals surface area contributed by atoms with Gasteiger partial charge in [0.05, 0.1) is 5.56 Å². The van der Waals surface area contributed by atoms with Gasteiger partial charge in [-0.3, -0.25) is 4.79 Å². The second-order valence-corrected chi connectivity index (χ2v) is 4.56. The largest absolute Gasteiger partial charge is 0.466 e. The van der Waals surface area contributed by atoms with Crippen LogP contribution in [0.4, 0.5) is 0 Å². The molecule has 0 aliphatic carbocycles. The number of carbonyl (C=O) groups excluding carboxylic acids is 1. The van der Waals surface area contributed by atoms with Crippen LogP contribution in [0, 0.1) is 13.8 Å². The molecule has 19 heavy (non-hydrogen) atoms. The van der Waals surface area contributed by atoms with E-state index in [-0.39, 0.29) is 11.7 Å². The normalized spacial score (nSPS) is 12.5. The van der Waals surface area contributed by atoms with Crippen LogP contribution in [0.3, 0.4) is 0 Å². The lowest BCUT2D eigenvalue weighted by atomic mass is 9.91. The van der Waals surface area contributed by atoms with Crippen LogP contribution in [0.2, 0.25) is 0 Å². The molecule has 6 nitrogen and oxygen atoms in total. The zero-order chi connectivity index (χ0) is 14.6. The third-order valence-electron chi connectivity index (χ3n) is 3.44. The fraction of sp³-hybridized carbons (Fsp3) is 0.538. The van der Waals surface area contributed by atoms with Gasteiger partial charge < -0.3 is 20.7 Å². The van der Waals surface area contributed by atoms with Crippen molar-refractivity contribution in [2.24, 2.45) is 10.9 Å². The molecule has 0 aliphatic heterocycles. The lowest BCUT2D eigenvalue weighted by molar-refractivity contribution is 0.0916. The fourth-order valence-electron chi connectivity index (χ4n) is 2.09. The Hall–Kier alpha value is -1.98. The highest BCUT2D eigenvalue weighted by Gasteiger charge is 2.34. The van der Waals surface area contributed by atoms with Crippen molar-refractivity contribution in [3.8, 4) is 0 Å². The van der Waals surface area contributed by atoms with Gasteiger partial charge >= 0.3 is 0 Å². The average Bonchev–Trinajstić information content (AvgIpc) is 2.74. The lowest BCUT2D eigenvalue weighted by Crippen LogP contribution is -2.56. The van der Waals surface area contributed by atoms with Crippen LogP contribution < -0.4 is 11.1 Å². The molecule has 1 aromatic heterocycles. The molecule has 0 saturated carbocycles. The van der Waals surface area contributed by atoms with Crippen molar-refractivity contribution >= 4 is 11.7 Å². The highest BCUT2D eigenvalue weighted by Crippen LogP contribution is 2.19. The van der Waals surface area contributed by atoms with Crippen LogP contribution in [0.5, 0.6) is 0 Å². The minimum Gasteiger partial charge on any atom is -0.466 e. The molecule has 0 saturated heterocycles. The van der Waals surface area contributed by atoms with Gasteiger partial charge in [0.2, 0.25) is 0 Å². The second kappa shape index (κ2) is 5.77. The van der Waals surface area contributed by atoms with Gasteiger partial charge in [-0.05, 0) is 32.8 Å². The highest BCUT2D eigenvalue weighted by atomic mass is 16.4. The minimum atomic E-state index is -0.844. The number of nitrogens with zero attached hydrogens (tertiary/aromatic N) is 1. The maximum absolute atomic E-state index is 12.3. The van der Waals surface area contributed by atoms with Crippen LogP contribution in [0.1, 0.15) is 48.6 Å². The van der Waals surface area contributed by atoms with Crippen LogP contribution in [0.15, 0.2) is 15.6 Å². The second-order valence-electron chi connectivity index (χ2n) is 4.56. The molecule has 6 heteroatoms. The van der Waals surface area contributed by atoms with E-state index in [1.165, 1.54) is 0 Å². The first kappa shape index (κ1) is 15.1. The molecule has 4 N–H and O–H groups in total. The first-order chi connectivity index (χ1) is 8.90. The number of amidine groups is 1. The van der Waals surface area contributed by atoms with Crippen molar-refractivity contribution in [2.45, 2.75) is 46.1 Å². The molecule has 1 heterocycles. The maximum Gasteiger partial charge on any atom is 0.255 e. The van der Waals surface area contributed by atoms with E-state index in [2.05, 4.69) is 10.5 Å². The molecule has 0 aliphatic rings. The Kier molecular flexibility index (Phi) is 4.58. The predicted molar refractivity (Wildman–Crippen MR) is 72.4 cm³/mol. The fourth-order valence-corrected chi connectivity index (χ4v) is 2.09. The molecule has 0 bridgehead atoms. The van der Waals surface area contributed by atoms with E-state index < -0.39 is 5.54 Å². The minimum absolute atomic E-state index is 0.00344. The van der Waals surface area contributed by atoms with Crippen molar-refractivity contribution in [2.75, 3.05) is 0 Å². The number of carbonyl (C=O) groups is 1. The molecule has 0 spiro atoms. The summed E-state index contributed by atoms with van der Waals surface area (Å²) >= 11 is 0. The number of furan rings is 1. The van der Waals surface area contributed by atoms with E-state index in [4.69, 9.17) is 15.4 Å². The Bertz CT molecular complexity index is 487. The molecule has 0 unspecified atom stereocenters. The summed E-state index contributed by atoms with van der Waals surface area (Å²) in [4.78, 5) is 12.3. The molecule has 0 radical (unpaired) electrons. The number of amides is 1. The summed E-state index contributed by atoms with van der Waals surface area (Å²) in [6, 6.07) is 1.67. The molecule has 1 aromatic rings. The van der Waals surface area contributed by atoms with Gasteiger partial charge in [-0.15, -0.1) is 0 Å². The number of oxime groups is 1. The van der Waals surface area contributed by atoms with Gasteiger partial charge in [0.1, 0.15) is 17.1 Å². The molecule has 0 aromatic carbocycles. The van der Waals surface area contributed by atoms with Crippen LogP contribution >= 0.6 is 0 Å². The third-order valence-corrected chi connectivity index (χ3v) is 3.44. The molecular weight excluding hydrogens is 246 g/mol. The first-order valence-corrected chi connectivity index (χ1v) is 6.27. The predicted octanol–water partition coefficient (Wildman–Crippen LogP) is 1.93. The smallest absolute Gasteiger partial charge is 0.255 e. The molecule has 1 rings (SSSR count). The van der Waals surface area contributed by atoms with Crippen molar-refractivity contribution in [1.29, 1.82) is 0 Å². The lowest BCUT2D eigenvalue weighted by Gasteiger charge is -2.31. The van der Waals surface area contributed by atoms with Gasteiger partial charge in [0.25, 0.3) is 5.91 Å². The average molecular weight is 267 g/mol. The van der Waals surface area contributed by atoms with Crippen LogP contribution in [-0.2, 0) is 0 Å². The van der Waals surface area contributed by atoms with Crippen LogP contribution in [0.25, 0.3) is 0 Å². The molecular formula is C13H21N3O3. The molecule has 1 amide bonds. The van der Waals surface area contributed by atoms with Gasteiger partial charge in [0, 0.05) is 0 Å². The van der Waals surface area contributed by atoms with Crippen molar-refractivity contribution in [1.82, 2.24) is 5.32 Å². The topological polar surface area (TPSA) is 101 Å². The standard InChI is InChI=1S/C13H21N3O3/c1-5-13(6-2,12(14)16-18)15-11(17)10-7-8(3)19-9(10)4/h7,18H,5-6H2,1-4H3,(H2,14,16)(H,15,17). The summed E-state index contributed by atoms with van der Waals surface area (Å²) in [7, 11) is 0. The van der Waals surface area contributed by atoms with Crippen molar-refractivity contribution in [3.05, 3.63) is 23.2 Å². The Balaban J connectivity index is 3.04. The summed E-state index contributed by atoms with van der Waals surface area (Å²) in [5.74, 6) is 0.939. The van der Waals surface area contributed by atoms with E-state index in [1.807, 2.05) is 13.8 Å². The van der Waals surface area contributed by atoms with Gasteiger partial charge in [-0.2, -0.15) is 0 Å². The number of nitrogens with one attached hydrogen (secondary N) is 1. The number of hydrogen-bond donors (Lipinski definition) is 3. The van der Waals surface area contributed by atoms with E-state index >= 15 is 0 Å². The molecule has 106 valence electrons. The highest BCUT2D eigenvalue weighted by molar-refractivity contribution is 6.00. The molecule has 0 atom stereocenters. The van der Waals surface area contributed by atoms with Gasteiger partial charge in [-0.1, -0.05) is 19.0 Å². The summed E-state index contributed by atoms with van der Waals surface area (Å²) < 4.78 is 5.33. The van der Waals surface area contributed by atoms with Crippen LogP contribution in [-0.4, -0.2) is 22.5 Å². The number of hydrogen-bond acceptors (Lipinski definition) is 4. The quantitative estimate of drug-likeness (QED) is 0.328. The van der Waals surface area contributed by atoms with Gasteiger partial charge in [0.15, 0.2) is 5.84 Å². The zero-order valence-corrected chi connectivity index (χ0v) is 11.8. The Morgan fingerprint density at radius 3 is 2.42 bits per heavy atom. The Morgan fingerprint density at radius 2 is 2.05 bits per heavy atom.